The lowest BCUT2D eigenvalue weighted by atomic mass is 9.96. The lowest BCUT2D eigenvalue weighted by molar-refractivity contribution is 0.137. The number of aromatic nitrogens is 7. The molecular weight excluding hydrogens is 342 g/mol. The molecule has 0 aromatic carbocycles. The zero-order valence-corrected chi connectivity index (χ0v) is 14.0. The third-order valence-electron chi connectivity index (χ3n) is 5.19. The van der Waals surface area contributed by atoms with Crippen LogP contribution < -0.4 is 4.90 Å². The highest BCUT2D eigenvalue weighted by Crippen LogP contribution is 2.38. The summed E-state index contributed by atoms with van der Waals surface area (Å²) in [6.07, 6.45) is 3.43. The van der Waals surface area contributed by atoms with Crippen LogP contribution in [0.25, 0.3) is 5.65 Å². The van der Waals surface area contributed by atoms with Crippen molar-refractivity contribution in [2.75, 3.05) is 18.0 Å². The van der Waals surface area contributed by atoms with Crippen LogP contribution in [0.5, 0.6) is 0 Å². The maximum Gasteiger partial charge on any atom is 0.299 e. The molecule has 26 heavy (non-hydrogen) atoms. The Kier molecular flexibility index (Phi) is 3.57. The van der Waals surface area contributed by atoms with Crippen LogP contribution in [0.1, 0.15) is 55.7 Å². The fourth-order valence-electron chi connectivity index (χ4n) is 3.65. The predicted molar refractivity (Wildman–Crippen MR) is 88.2 cm³/mol. The molecule has 0 atom stereocenters. The van der Waals surface area contributed by atoms with Gasteiger partial charge in [-0.2, -0.15) is 4.52 Å². The fraction of sp³-hybridized carbons (Fsp3) is 0.562. The first-order chi connectivity index (χ1) is 12.7. The summed E-state index contributed by atoms with van der Waals surface area (Å²) in [6, 6.07) is 4.06. The van der Waals surface area contributed by atoms with Crippen LogP contribution in [0.3, 0.4) is 0 Å². The van der Waals surface area contributed by atoms with Gasteiger partial charge < -0.3 is 9.47 Å². The molecule has 0 radical (unpaired) electrons. The minimum atomic E-state index is -2.70. The molecule has 5 rings (SSSR count). The molecule has 1 aliphatic heterocycles. The normalized spacial score (nSPS) is 19.0. The Morgan fingerprint density at radius 2 is 1.81 bits per heavy atom. The second-order valence-electron chi connectivity index (χ2n) is 6.91. The molecular formula is C16H18F2N8. The summed E-state index contributed by atoms with van der Waals surface area (Å²) < 4.78 is 29.4. The molecule has 0 N–H and O–H groups in total. The van der Waals surface area contributed by atoms with Crippen molar-refractivity contribution < 1.29 is 8.78 Å². The van der Waals surface area contributed by atoms with E-state index in [2.05, 4.69) is 35.0 Å². The van der Waals surface area contributed by atoms with Crippen molar-refractivity contribution in [2.24, 2.45) is 0 Å². The number of nitrogens with zero attached hydrogens (tertiary/aromatic N) is 8. The summed E-state index contributed by atoms with van der Waals surface area (Å²) in [4.78, 5) is 2.11. The van der Waals surface area contributed by atoms with E-state index >= 15 is 0 Å². The molecule has 2 fully saturated rings. The highest BCUT2D eigenvalue weighted by molar-refractivity contribution is 5.46. The minimum Gasteiger partial charge on any atom is -0.355 e. The van der Waals surface area contributed by atoms with Gasteiger partial charge in [-0.05, 0) is 37.8 Å². The van der Waals surface area contributed by atoms with E-state index in [4.69, 9.17) is 0 Å². The van der Waals surface area contributed by atoms with E-state index in [0.29, 0.717) is 23.4 Å². The van der Waals surface area contributed by atoms with Crippen molar-refractivity contribution in [2.45, 2.75) is 44.1 Å². The first-order valence-electron chi connectivity index (χ1n) is 8.85. The Morgan fingerprint density at radius 1 is 1.00 bits per heavy atom. The summed E-state index contributed by atoms with van der Waals surface area (Å²) in [5.74, 6) is 1.70. The standard InChI is InChI=1S/C16H18F2N8/c17-14(18)16-22-20-12-3-4-13(23-26(12)16)24-7-5-10(6-8-24)15-21-19-9-25(15)11-1-2-11/h3-4,9-11,14H,1-2,5-8H2. The fourth-order valence-corrected chi connectivity index (χ4v) is 3.65. The molecule has 0 spiro atoms. The molecule has 0 unspecified atom stereocenters. The third kappa shape index (κ3) is 2.60. The number of alkyl halides is 2. The number of fused-ring (bicyclic) bond motifs is 1. The Hall–Kier alpha value is -2.65. The molecule has 1 saturated heterocycles. The molecule has 8 nitrogen and oxygen atoms in total. The molecule has 3 aromatic rings. The Bertz CT molecular complexity index is 923. The first kappa shape index (κ1) is 15.6. The second kappa shape index (κ2) is 5.96. The van der Waals surface area contributed by atoms with Crippen molar-refractivity contribution in [3.05, 3.63) is 30.1 Å². The SMILES string of the molecule is FC(F)c1nnc2ccc(N3CCC(c4nncn4C4CC4)CC3)nn12. The van der Waals surface area contributed by atoms with Gasteiger partial charge in [-0.15, -0.1) is 25.5 Å². The van der Waals surface area contributed by atoms with E-state index in [1.165, 1.54) is 12.8 Å². The van der Waals surface area contributed by atoms with Gasteiger partial charge in [-0.1, -0.05) is 0 Å². The zero-order valence-electron chi connectivity index (χ0n) is 14.0. The number of hydrogen-bond acceptors (Lipinski definition) is 6. The van der Waals surface area contributed by atoms with E-state index in [-0.39, 0.29) is 0 Å². The molecule has 1 saturated carbocycles. The average Bonchev–Trinajstić information content (AvgIpc) is 3.23. The smallest absolute Gasteiger partial charge is 0.299 e. The quantitative estimate of drug-likeness (QED) is 0.711. The average molecular weight is 360 g/mol. The van der Waals surface area contributed by atoms with E-state index in [1.807, 2.05) is 12.4 Å². The number of anilines is 1. The lowest BCUT2D eigenvalue weighted by Crippen LogP contribution is -2.34. The maximum absolute atomic E-state index is 13.0. The highest BCUT2D eigenvalue weighted by Gasteiger charge is 2.31. The van der Waals surface area contributed by atoms with Crippen molar-refractivity contribution in [3.63, 3.8) is 0 Å². The summed E-state index contributed by atoms with van der Waals surface area (Å²) in [7, 11) is 0. The summed E-state index contributed by atoms with van der Waals surface area (Å²) in [5.41, 5.74) is 0.330. The van der Waals surface area contributed by atoms with E-state index in [1.54, 1.807) is 6.07 Å². The Balaban J connectivity index is 1.34. The number of halogens is 2. The first-order valence-corrected chi connectivity index (χ1v) is 8.85. The van der Waals surface area contributed by atoms with E-state index in [9.17, 15) is 8.78 Å². The van der Waals surface area contributed by atoms with Crippen LogP contribution in [-0.2, 0) is 0 Å². The summed E-state index contributed by atoms with van der Waals surface area (Å²) in [6.45, 7) is 1.60. The number of hydrogen-bond donors (Lipinski definition) is 0. The van der Waals surface area contributed by atoms with Gasteiger partial charge >= 0.3 is 0 Å². The lowest BCUT2D eigenvalue weighted by Gasteiger charge is -2.32. The van der Waals surface area contributed by atoms with E-state index < -0.39 is 12.2 Å². The van der Waals surface area contributed by atoms with Crippen molar-refractivity contribution in [3.8, 4) is 0 Å². The molecule has 0 amide bonds. The molecule has 4 heterocycles. The van der Waals surface area contributed by atoms with Gasteiger partial charge in [0.15, 0.2) is 5.65 Å². The predicted octanol–water partition coefficient (Wildman–Crippen LogP) is 2.37. The van der Waals surface area contributed by atoms with E-state index in [0.717, 1.165) is 36.3 Å². The van der Waals surface area contributed by atoms with Crippen LogP contribution in [-0.4, -0.2) is 47.7 Å². The molecule has 136 valence electrons. The van der Waals surface area contributed by atoms with Gasteiger partial charge in [0.05, 0.1) is 0 Å². The van der Waals surface area contributed by atoms with Crippen molar-refractivity contribution >= 4 is 11.5 Å². The van der Waals surface area contributed by atoms with Crippen LogP contribution in [0.15, 0.2) is 18.5 Å². The van der Waals surface area contributed by atoms with Crippen LogP contribution in [0, 0.1) is 0 Å². The molecule has 10 heteroatoms. The maximum atomic E-state index is 13.0. The zero-order chi connectivity index (χ0) is 17.7. The second-order valence-corrected chi connectivity index (χ2v) is 6.91. The van der Waals surface area contributed by atoms with Gasteiger partial charge in [-0.3, -0.25) is 0 Å². The Morgan fingerprint density at radius 3 is 2.54 bits per heavy atom. The van der Waals surface area contributed by atoms with Crippen LogP contribution in [0.4, 0.5) is 14.6 Å². The van der Waals surface area contributed by atoms with Gasteiger partial charge in [0, 0.05) is 25.0 Å². The van der Waals surface area contributed by atoms with Crippen molar-refractivity contribution in [1.29, 1.82) is 0 Å². The summed E-state index contributed by atoms with van der Waals surface area (Å²) >= 11 is 0. The van der Waals surface area contributed by atoms with Gasteiger partial charge in [0.2, 0.25) is 5.82 Å². The monoisotopic (exact) mass is 360 g/mol. The largest absolute Gasteiger partial charge is 0.355 e. The summed E-state index contributed by atoms with van der Waals surface area (Å²) in [5, 5.41) is 20.0. The molecule has 1 aliphatic carbocycles. The Labute approximate surface area is 147 Å². The minimum absolute atomic E-state index is 0.330. The van der Waals surface area contributed by atoms with Crippen molar-refractivity contribution in [1.82, 2.24) is 34.6 Å². The number of rotatable bonds is 4. The van der Waals surface area contributed by atoms with Gasteiger partial charge in [0.25, 0.3) is 6.43 Å². The molecule has 0 bridgehead atoms. The molecule has 3 aromatic heterocycles. The van der Waals surface area contributed by atoms with Gasteiger partial charge in [0.1, 0.15) is 18.0 Å². The third-order valence-corrected chi connectivity index (χ3v) is 5.19. The number of piperidine rings is 1. The van der Waals surface area contributed by atoms with Crippen LogP contribution in [0.2, 0.25) is 0 Å². The highest BCUT2D eigenvalue weighted by atomic mass is 19.3. The van der Waals surface area contributed by atoms with Crippen LogP contribution >= 0.6 is 0 Å². The topological polar surface area (TPSA) is 77.0 Å². The molecule has 2 aliphatic rings. The van der Waals surface area contributed by atoms with Gasteiger partial charge in [-0.25, -0.2) is 8.78 Å².